The van der Waals surface area contributed by atoms with Crippen LogP contribution in [0.1, 0.15) is 0 Å². The van der Waals surface area contributed by atoms with Gasteiger partial charge in [-0.3, -0.25) is 10.1 Å². The van der Waals surface area contributed by atoms with Gasteiger partial charge in [-0.25, -0.2) is 4.39 Å². The Morgan fingerprint density at radius 3 is 2.30 bits per heavy atom. The van der Waals surface area contributed by atoms with Gasteiger partial charge in [-0.05, 0) is 24.3 Å². The van der Waals surface area contributed by atoms with E-state index in [-0.39, 0.29) is 17.2 Å². The number of rotatable bonds is 5. The predicted octanol–water partition coefficient (Wildman–Crippen LogP) is 4.47. The van der Waals surface area contributed by atoms with Gasteiger partial charge >= 0.3 is 11.9 Å². The van der Waals surface area contributed by atoms with Crippen molar-refractivity contribution in [3.05, 3.63) is 58.4 Å². The van der Waals surface area contributed by atoms with E-state index in [9.17, 15) is 27.7 Å². The molecule has 0 spiro atoms. The van der Waals surface area contributed by atoms with Gasteiger partial charge in [-0.15, -0.1) is 0 Å². The van der Waals surface area contributed by atoms with E-state index in [1.807, 2.05) is 0 Å². The van der Waals surface area contributed by atoms with Gasteiger partial charge < -0.3 is 9.47 Å². The second-order valence-electron chi connectivity index (χ2n) is 4.32. The minimum absolute atomic E-state index is 0.161. The van der Waals surface area contributed by atoms with Gasteiger partial charge in [-0.1, -0.05) is 12.1 Å². The second kappa shape index (κ2) is 6.51. The third kappa shape index (κ3) is 4.56. The normalized spacial score (nSPS) is 11.1. The first-order valence-electron chi connectivity index (χ1n) is 6.16. The first kappa shape index (κ1) is 16.5. The first-order chi connectivity index (χ1) is 10.8. The third-order valence-electron chi connectivity index (χ3n) is 2.58. The molecule has 0 bridgehead atoms. The maximum absolute atomic E-state index is 13.1. The smallest absolute Gasteiger partial charge is 0.422 e. The summed E-state index contributed by atoms with van der Waals surface area (Å²) in [7, 11) is 0. The molecule has 9 heteroatoms. The molecule has 0 saturated heterocycles. The van der Waals surface area contributed by atoms with Crippen molar-refractivity contribution in [3.63, 3.8) is 0 Å². The van der Waals surface area contributed by atoms with Crippen molar-refractivity contribution >= 4 is 5.69 Å². The molecule has 0 aliphatic heterocycles. The summed E-state index contributed by atoms with van der Waals surface area (Å²) in [5, 5.41) is 10.9. The summed E-state index contributed by atoms with van der Waals surface area (Å²) in [6, 6.07) is 7.95. The van der Waals surface area contributed by atoms with Crippen LogP contribution in [-0.2, 0) is 0 Å². The number of halogens is 4. The highest BCUT2D eigenvalue weighted by atomic mass is 19.4. The number of nitrogens with zero attached hydrogens (tertiary/aromatic N) is 1. The Kier molecular flexibility index (Phi) is 4.68. The number of hydrogen-bond donors (Lipinski definition) is 0. The second-order valence-corrected chi connectivity index (χ2v) is 4.32. The van der Waals surface area contributed by atoms with Gasteiger partial charge in [0.15, 0.2) is 18.1 Å². The molecular formula is C14H9F4NO4. The van der Waals surface area contributed by atoms with Crippen LogP contribution in [0.15, 0.2) is 42.5 Å². The average molecular weight is 331 g/mol. The van der Waals surface area contributed by atoms with Crippen LogP contribution >= 0.6 is 0 Å². The van der Waals surface area contributed by atoms with Crippen LogP contribution in [0.3, 0.4) is 0 Å². The first-order valence-corrected chi connectivity index (χ1v) is 6.16. The fourth-order valence-corrected chi connectivity index (χ4v) is 1.65. The van der Waals surface area contributed by atoms with Gasteiger partial charge in [-0.2, -0.15) is 13.2 Å². The molecule has 0 N–H and O–H groups in total. The van der Waals surface area contributed by atoms with Crippen molar-refractivity contribution in [1.82, 2.24) is 0 Å². The monoisotopic (exact) mass is 331 g/mol. The van der Waals surface area contributed by atoms with E-state index in [0.29, 0.717) is 6.07 Å². The van der Waals surface area contributed by atoms with Crippen molar-refractivity contribution in [2.75, 3.05) is 6.61 Å². The van der Waals surface area contributed by atoms with E-state index < -0.39 is 29.2 Å². The number of alkyl halides is 3. The molecule has 0 aliphatic carbocycles. The molecule has 0 saturated carbocycles. The van der Waals surface area contributed by atoms with Crippen molar-refractivity contribution in [3.8, 4) is 17.2 Å². The van der Waals surface area contributed by atoms with Crippen LogP contribution < -0.4 is 9.47 Å². The lowest BCUT2D eigenvalue weighted by atomic mass is 10.2. The number of benzene rings is 2. The maximum atomic E-state index is 13.1. The zero-order valence-corrected chi connectivity index (χ0v) is 11.3. The summed E-state index contributed by atoms with van der Waals surface area (Å²) in [5.74, 6) is -1.57. The maximum Gasteiger partial charge on any atom is 0.422 e. The minimum Gasteiger partial charge on any atom is -0.480 e. The summed E-state index contributed by atoms with van der Waals surface area (Å²) in [6.45, 7) is -1.54. The lowest BCUT2D eigenvalue weighted by molar-refractivity contribution is -0.385. The molecule has 0 aromatic heterocycles. The molecule has 0 fully saturated rings. The molecule has 2 rings (SSSR count). The van der Waals surface area contributed by atoms with Gasteiger partial charge in [0.05, 0.1) is 11.0 Å². The van der Waals surface area contributed by atoms with Gasteiger partial charge in [0, 0.05) is 0 Å². The van der Waals surface area contributed by atoms with Crippen molar-refractivity contribution in [1.29, 1.82) is 0 Å². The van der Waals surface area contributed by atoms with E-state index >= 15 is 0 Å². The zero-order chi connectivity index (χ0) is 17.0. The van der Waals surface area contributed by atoms with E-state index in [0.717, 1.165) is 12.1 Å². The molecule has 2 aromatic rings. The Hall–Kier alpha value is -2.84. The van der Waals surface area contributed by atoms with Crippen LogP contribution in [-0.4, -0.2) is 17.7 Å². The molecule has 122 valence electrons. The topological polar surface area (TPSA) is 61.6 Å². The van der Waals surface area contributed by atoms with E-state index in [2.05, 4.69) is 4.74 Å². The summed E-state index contributed by atoms with van der Waals surface area (Å²) >= 11 is 0. The van der Waals surface area contributed by atoms with Crippen molar-refractivity contribution in [2.24, 2.45) is 0 Å². The minimum atomic E-state index is -4.55. The van der Waals surface area contributed by atoms with Gasteiger partial charge in [0.25, 0.3) is 0 Å². The molecule has 0 aliphatic rings. The number of hydrogen-bond acceptors (Lipinski definition) is 4. The quantitative estimate of drug-likeness (QED) is 0.461. The Balaban J connectivity index is 2.29. The standard InChI is InChI=1S/C14H9F4NO4/c15-9-5-6-11(10(7-9)19(20)21)23-13-4-2-1-3-12(13)22-8-14(16,17)18/h1-7H,8H2. The SMILES string of the molecule is O=[N+]([O-])c1cc(F)ccc1Oc1ccccc1OCC(F)(F)F. The van der Waals surface area contributed by atoms with E-state index in [1.165, 1.54) is 24.3 Å². The van der Waals surface area contributed by atoms with Crippen molar-refractivity contribution in [2.45, 2.75) is 6.18 Å². The Bertz CT molecular complexity index is 718. The van der Waals surface area contributed by atoms with Crippen LogP contribution in [0.5, 0.6) is 17.2 Å². The summed E-state index contributed by atoms with van der Waals surface area (Å²) in [5.41, 5.74) is -0.657. The summed E-state index contributed by atoms with van der Waals surface area (Å²) < 4.78 is 59.5. The molecule has 5 nitrogen and oxygen atoms in total. The van der Waals surface area contributed by atoms with E-state index in [1.54, 1.807) is 0 Å². The number of nitro benzene ring substituents is 1. The molecule has 0 unspecified atom stereocenters. The highest BCUT2D eigenvalue weighted by Crippen LogP contribution is 2.36. The lowest BCUT2D eigenvalue weighted by Gasteiger charge is -2.13. The van der Waals surface area contributed by atoms with Crippen LogP contribution in [0.2, 0.25) is 0 Å². The average Bonchev–Trinajstić information content (AvgIpc) is 2.47. The van der Waals surface area contributed by atoms with Gasteiger partial charge in [0.1, 0.15) is 5.82 Å². The molecule has 23 heavy (non-hydrogen) atoms. The Labute approximate surface area is 127 Å². The lowest BCUT2D eigenvalue weighted by Crippen LogP contribution is -2.19. The van der Waals surface area contributed by atoms with Crippen LogP contribution in [0.25, 0.3) is 0 Å². The molecule has 2 aromatic carbocycles. The zero-order valence-electron chi connectivity index (χ0n) is 11.3. The number of ether oxygens (including phenoxy) is 2. The van der Waals surface area contributed by atoms with Crippen LogP contribution in [0.4, 0.5) is 23.2 Å². The molecule has 0 atom stereocenters. The summed E-state index contributed by atoms with van der Waals surface area (Å²) in [6.07, 6.45) is -4.55. The molecule has 0 radical (unpaired) electrons. The highest BCUT2D eigenvalue weighted by Gasteiger charge is 2.29. The fraction of sp³-hybridized carbons (Fsp3) is 0.143. The van der Waals surface area contributed by atoms with Gasteiger partial charge in [0.2, 0.25) is 5.75 Å². The van der Waals surface area contributed by atoms with Crippen LogP contribution in [0, 0.1) is 15.9 Å². The number of para-hydroxylation sites is 2. The summed E-state index contributed by atoms with van der Waals surface area (Å²) in [4.78, 5) is 10.0. The third-order valence-corrected chi connectivity index (χ3v) is 2.58. The molecule has 0 heterocycles. The molecule has 0 amide bonds. The van der Waals surface area contributed by atoms with Crippen molar-refractivity contribution < 1.29 is 32.0 Å². The fourth-order valence-electron chi connectivity index (χ4n) is 1.65. The molecular weight excluding hydrogens is 322 g/mol. The number of nitro groups is 1. The predicted molar refractivity (Wildman–Crippen MR) is 71.1 cm³/mol. The largest absolute Gasteiger partial charge is 0.480 e. The highest BCUT2D eigenvalue weighted by molar-refractivity contribution is 5.51. The van der Waals surface area contributed by atoms with E-state index in [4.69, 9.17) is 4.74 Å². The Morgan fingerprint density at radius 2 is 1.70 bits per heavy atom. The Morgan fingerprint density at radius 1 is 1.04 bits per heavy atom.